The topological polar surface area (TPSA) is 263 Å². The second kappa shape index (κ2) is 49.6. The largest absolute Gasteiger partial charge is 0.458 e. The molecule has 10 aromatic carbocycles. The van der Waals surface area contributed by atoms with Crippen LogP contribution < -0.4 is 9.47 Å². The highest BCUT2D eigenvalue weighted by Gasteiger charge is 2.14. The quantitative estimate of drug-likeness (QED) is 0.0164. The highest BCUT2D eigenvalue weighted by Crippen LogP contribution is 2.29. The maximum Gasteiger partial charge on any atom is 0.338 e. The Hall–Kier alpha value is -15.4. The van der Waals surface area contributed by atoms with Gasteiger partial charge >= 0.3 is 59.7 Å². The number of benzene rings is 10. The Morgan fingerprint density at radius 2 is 0.369 bits per heavy atom. The molecule has 0 unspecified atom stereocenters. The van der Waals surface area contributed by atoms with Crippen molar-refractivity contribution in [1.82, 2.24) is 0 Å². The molecule has 0 aliphatic carbocycles. The van der Waals surface area contributed by atoms with Crippen molar-refractivity contribution in [1.29, 1.82) is 0 Å². The Balaban J connectivity index is 0.000000236. The molecule has 0 radical (unpaired) electrons. The second-order valence-corrected chi connectivity index (χ2v) is 27.3. The molecule has 10 rings (SSSR count). The second-order valence-electron chi connectivity index (χ2n) is 27.3. The summed E-state index contributed by atoms with van der Waals surface area (Å²) in [7, 11) is 0. The molecule has 0 atom stereocenters. The van der Waals surface area contributed by atoms with E-state index in [2.05, 4.69) is 65.8 Å². The lowest BCUT2D eigenvalue weighted by atomic mass is 10.0. The van der Waals surface area contributed by atoms with Gasteiger partial charge in [0.15, 0.2) is 0 Å². The van der Waals surface area contributed by atoms with Gasteiger partial charge in [-0.3, -0.25) is 0 Å². The summed E-state index contributed by atoms with van der Waals surface area (Å²) < 4.78 is 50.8. The van der Waals surface area contributed by atoms with Crippen molar-refractivity contribution in [3.63, 3.8) is 0 Å². The molecule has 20 heteroatoms. The van der Waals surface area contributed by atoms with Crippen LogP contribution in [0.25, 0.3) is 55.3 Å². The monoisotopic (exact) mass is 1640 g/mol. The Kier molecular flexibility index (Phi) is 38.8. The molecule has 0 saturated heterocycles. The van der Waals surface area contributed by atoms with Crippen LogP contribution in [0.2, 0.25) is 0 Å². The van der Waals surface area contributed by atoms with E-state index < -0.39 is 59.7 Å². The summed E-state index contributed by atoms with van der Waals surface area (Å²) in [5, 5.41) is 2.04. The Morgan fingerprint density at radius 1 is 0.213 bits per heavy atom. The van der Waals surface area contributed by atoms with Gasteiger partial charge in [-0.25, -0.2) is 47.9 Å². The molecule has 20 nitrogen and oxygen atoms in total. The summed E-state index contributed by atoms with van der Waals surface area (Å²) in [5.74, 6) is -3.32. The summed E-state index contributed by atoms with van der Waals surface area (Å²) in [4.78, 5) is 113. The van der Waals surface area contributed by atoms with Gasteiger partial charge < -0.3 is 47.4 Å². The first-order valence-corrected chi connectivity index (χ1v) is 37.8. The number of fused-ring (bicyclic) bond motifs is 1. The van der Waals surface area contributed by atoms with E-state index in [-0.39, 0.29) is 52.9 Å². The number of hydrogen-bond acceptors (Lipinski definition) is 20. The fraction of sp³-hybridized carbons (Fsp3) is 0.137. The van der Waals surface area contributed by atoms with E-state index in [1.54, 1.807) is 65.8 Å². The Morgan fingerprint density at radius 3 is 0.541 bits per heavy atom. The zero-order valence-corrected chi connectivity index (χ0v) is 69.1. The average Bonchev–Trinajstić information content (AvgIpc) is 0.833. The van der Waals surface area contributed by atoms with Crippen LogP contribution in [0.15, 0.2) is 354 Å². The molecule has 0 bridgehead atoms. The number of carbonyl (C=O) groups excluding carboxylic acids is 10. The normalized spacial score (nSPS) is 9.98. The molecule has 0 amide bonds. The molecule has 10 aromatic rings. The van der Waals surface area contributed by atoms with Crippen LogP contribution in [-0.4, -0.2) is 59.7 Å². The number of hydrogen-bond donors (Lipinski definition) is 0. The van der Waals surface area contributed by atoms with Crippen molar-refractivity contribution in [2.75, 3.05) is 0 Å². The molecule has 0 aromatic heterocycles. The maximum atomic E-state index is 11.5. The third kappa shape index (κ3) is 33.6. The lowest BCUT2D eigenvalue weighted by molar-refractivity contribution is -0.141. The van der Waals surface area contributed by atoms with E-state index in [0.717, 1.165) is 124 Å². The third-order valence-corrected chi connectivity index (χ3v) is 16.9. The Bertz CT molecular complexity index is 4980. The van der Waals surface area contributed by atoms with Crippen LogP contribution in [0.5, 0.6) is 11.5 Å². The van der Waals surface area contributed by atoms with E-state index in [1.807, 2.05) is 206 Å². The van der Waals surface area contributed by atoms with Crippen LogP contribution >= 0.6 is 0 Å². The minimum Gasteiger partial charge on any atom is -0.458 e. The van der Waals surface area contributed by atoms with Crippen molar-refractivity contribution < 1.29 is 95.3 Å². The molecule has 0 aliphatic heterocycles. The minimum atomic E-state index is -0.452. The van der Waals surface area contributed by atoms with E-state index in [9.17, 15) is 47.9 Å². The smallest absolute Gasteiger partial charge is 0.338 e. The van der Waals surface area contributed by atoms with Crippen molar-refractivity contribution in [3.05, 3.63) is 399 Å². The summed E-state index contributed by atoms with van der Waals surface area (Å²) in [6.45, 7) is 46.1. The number of ether oxygens (including phenoxy) is 10. The SMILES string of the molecule is C=C(C)C(=O)OCc1ccc(-c2ccc(COC(=O)C(=C)C)cc2)cc1.C=C(C)C(=O)OCc1ccc2cc(COC(=O)C(=C)C)ccc2c1.C=C(C)C(=O)Oc1ccc(-c2ccc(OC(=O)C(=C)C)cc2)cc1.C=CC(=O)OCc1ccc(-c2ccc(COC(=O)C=C)cc2)cc1.C=CC(=O)OCc1ccc(-c2ccc(COC(=O)C=C)cc2)cc1. The van der Waals surface area contributed by atoms with Gasteiger partial charge in [0, 0.05) is 57.7 Å². The molecule has 0 aliphatic rings. The molecular formula is C102H96O20. The molecule has 122 heavy (non-hydrogen) atoms. The van der Waals surface area contributed by atoms with Crippen molar-refractivity contribution in [2.45, 2.75) is 94.4 Å². The van der Waals surface area contributed by atoms with E-state index in [4.69, 9.17) is 47.4 Å². The van der Waals surface area contributed by atoms with Gasteiger partial charge in [0.05, 0.1) is 0 Å². The standard InChI is InChI=1S/C22H22O4.C20H18O4.C20H20O4.2C20H18O4/c1-15(2)21(23)25-13-17-5-9-19(10-6-17)20-11-7-18(8-12-20)14-26-22(24)16(3)4;1-13(2)19(21)23-17-9-5-15(6-10-17)16-7-11-18(12-8-16)24-20(22)14(3)4;1-13(2)19(21)23-11-15-5-7-18-10-16(6-8-17(18)9-15)12-24-20(22)14(3)4;2*1-3-19(21)23-13-15-5-9-17(10-6-15)18-11-7-16(8-12-18)14-24-20(22)4-2/h5-12H,1,3,13-14H2,2,4H3;5-12H,1,3H2,2,4H3;5-10H,1,3,11-12H2,2,4H3;2*3-12H,1-2,13-14H2. The lowest BCUT2D eigenvalue weighted by Gasteiger charge is -2.08. The van der Waals surface area contributed by atoms with Crippen LogP contribution in [0.1, 0.15) is 86.1 Å². The highest BCUT2D eigenvalue weighted by molar-refractivity contribution is 5.91. The molecule has 0 saturated carbocycles. The first kappa shape index (κ1) is 95.4. The van der Waals surface area contributed by atoms with Gasteiger partial charge in [0.2, 0.25) is 0 Å². The van der Waals surface area contributed by atoms with Gasteiger partial charge in [0.1, 0.15) is 64.4 Å². The van der Waals surface area contributed by atoms with Crippen LogP contribution in [-0.2, 0) is 139 Å². The summed E-state index contributed by atoms with van der Waals surface area (Å²) in [5.41, 5.74) is 17.6. The van der Waals surface area contributed by atoms with Gasteiger partial charge in [-0.1, -0.05) is 260 Å². The first-order chi connectivity index (χ1) is 58.3. The molecule has 624 valence electrons. The Labute approximate surface area is 711 Å². The number of esters is 10. The number of carbonyl (C=O) groups is 10. The molecule has 0 spiro atoms. The zero-order chi connectivity index (χ0) is 89.2. The third-order valence-electron chi connectivity index (χ3n) is 16.9. The van der Waals surface area contributed by atoms with E-state index in [0.29, 0.717) is 44.9 Å². The fourth-order valence-electron chi connectivity index (χ4n) is 10.0. The summed E-state index contributed by atoms with van der Waals surface area (Å²) in [6, 6.07) is 72.4. The zero-order valence-electron chi connectivity index (χ0n) is 69.1. The van der Waals surface area contributed by atoms with Crippen LogP contribution in [0.4, 0.5) is 0 Å². The number of rotatable bonds is 32. The van der Waals surface area contributed by atoms with Crippen LogP contribution in [0.3, 0.4) is 0 Å². The van der Waals surface area contributed by atoms with Crippen molar-refractivity contribution in [2.24, 2.45) is 0 Å². The lowest BCUT2D eigenvalue weighted by Crippen LogP contribution is -2.08. The predicted molar refractivity (Wildman–Crippen MR) is 471 cm³/mol. The average molecular weight is 1640 g/mol. The van der Waals surface area contributed by atoms with Crippen LogP contribution in [0, 0.1) is 0 Å². The fourth-order valence-corrected chi connectivity index (χ4v) is 10.0. The molecule has 0 fully saturated rings. The van der Waals surface area contributed by atoms with Gasteiger partial charge in [-0.15, -0.1) is 0 Å². The maximum absolute atomic E-state index is 11.5. The highest BCUT2D eigenvalue weighted by atomic mass is 16.6. The van der Waals surface area contributed by atoms with Gasteiger partial charge in [-0.2, -0.15) is 0 Å². The van der Waals surface area contributed by atoms with Crippen molar-refractivity contribution in [3.8, 4) is 56.0 Å². The van der Waals surface area contributed by atoms with Crippen molar-refractivity contribution >= 4 is 70.5 Å². The minimum absolute atomic E-state index is 0.208. The summed E-state index contributed by atoms with van der Waals surface area (Å²) in [6.07, 6.45) is 4.56. The van der Waals surface area contributed by atoms with E-state index >= 15 is 0 Å². The van der Waals surface area contributed by atoms with E-state index in [1.165, 1.54) is 0 Å². The predicted octanol–water partition coefficient (Wildman–Crippen LogP) is 20.6. The molecular weight excluding hydrogens is 1550 g/mol. The first-order valence-electron chi connectivity index (χ1n) is 37.8. The molecule has 0 heterocycles. The van der Waals surface area contributed by atoms with Gasteiger partial charge in [0.25, 0.3) is 0 Å². The summed E-state index contributed by atoms with van der Waals surface area (Å²) >= 11 is 0. The molecule has 0 N–H and O–H groups in total. The van der Waals surface area contributed by atoms with Gasteiger partial charge in [-0.05, 0) is 178 Å².